The molecule has 0 aromatic heterocycles. The number of thiol groups is 1. The van der Waals surface area contributed by atoms with Gasteiger partial charge in [-0.1, -0.05) is 52.5 Å². The van der Waals surface area contributed by atoms with Gasteiger partial charge in [-0.25, -0.2) is 19.2 Å². The van der Waals surface area contributed by atoms with Crippen LogP contribution in [0.4, 0.5) is 70.2 Å². The van der Waals surface area contributed by atoms with Gasteiger partial charge >= 0.3 is 390 Å². The van der Waals surface area contributed by atoms with E-state index in [9.17, 15) is 124 Å². The second kappa shape index (κ2) is 60.4. The van der Waals surface area contributed by atoms with E-state index in [4.69, 9.17) is 64.9 Å². The summed E-state index contributed by atoms with van der Waals surface area (Å²) in [5, 5.41) is 59.4. The fourth-order valence-corrected chi connectivity index (χ4v) is 23.6. The van der Waals surface area contributed by atoms with Crippen molar-refractivity contribution >= 4 is 148 Å². The van der Waals surface area contributed by atoms with Crippen LogP contribution in [0.1, 0.15) is 136 Å². The summed E-state index contributed by atoms with van der Waals surface area (Å²) in [4.78, 5) is 98.6. The van der Waals surface area contributed by atoms with Gasteiger partial charge in [-0.05, 0) is 49.0 Å². The van der Waals surface area contributed by atoms with E-state index in [-0.39, 0.29) is 229 Å². The summed E-state index contributed by atoms with van der Waals surface area (Å²) in [6.07, 6.45) is -10.1. The van der Waals surface area contributed by atoms with E-state index >= 15 is 0 Å². The Labute approximate surface area is 808 Å². The molecule has 23 nitrogen and oxygen atoms in total. The molecule has 4 aromatic rings. The second-order valence-electron chi connectivity index (χ2n) is 29.6. The Kier molecular flexibility index (Phi) is 57.2. The molecule has 750 valence electrons. The topological polar surface area (TPSA) is 463 Å². The van der Waals surface area contributed by atoms with Gasteiger partial charge < -0.3 is 66.4 Å². The van der Waals surface area contributed by atoms with Crippen molar-refractivity contribution in [1.29, 1.82) is 0 Å². The van der Waals surface area contributed by atoms with Crippen molar-refractivity contribution in [2.24, 2.45) is 41.1 Å². The molecule has 0 bridgehead atoms. The third-order valence-corrected chi connectivity index (χ3v) is 30.5. The van der Waals surface area contributed by atoms with Crippen LogP contribution in [-0.2, 0) is 47.8 Å². The van der Waals surface area contributed by atoms with Crippen molar-refractivity contribution in [2.45, 2.75) is 172 Å². The summed E-state index contributed by atoms with van der Waals surface area (Å²) >= 11 is 13.8. The molecule has 0 saturated heterocycles. The molecular weight excluding hydrogens is 2110 g/mol. The minimum Gasteiger partial charge on any atom is -1.00 e. The Balaban J connectivity index is 0. The van der Waals surface area contributed by atoms with Gasteiger partial charge in [0.2, 0.25) is 0 Å². The smallest absolute Gasteiger partial charge is 0.336 e. The Morgan fingerprint density at radius 1 is 0.444 bits per heavy atom. The molecule has 0 aliphatic heterocycles. The predicted molar refractivity (Wildman–Crippen MR) is 477 cm³/mol. The van der Waals surface area contributed by atoms with Gasteiger partial charge in [-0.3, -0.25) is 9.59 Å². The third kappa shape index (κ3) is 38.5. The van der Waals surface area contributed by atoms with Crippen LogP contribution in [-0.4, -0.2) is 177 Å². The summed E-state index contributed by atoms with van der Waals surface area (Å²) in [6, 6.07) is 32.2. The number of alkyl halides is 2. The summed E-state index contributed by atoms with van der Waals surface area (Å²) in [5.74, 6) is -10.2. The number of carbonyl (C=O) groups is 9. The molecule has 135 heavy (non-hydrogen) atoms. The average Bonchev–Trinajstić information content (AvgIpc) is 1.63. The van der Waals surface area contributed by atoms with Crippen LogP contribution in [0.15, 0.2) is 248 Å². The van der Waals surface area contributed by atoms with Crippen molar-refractivity contribution in [3.8, 4) is 0 Å². The van der Waals surface area contributed by atoms with Crippen LogP contribution >= 0.6 is 35.8 Å². The van der Waals surface area contributed by atoms with Crippen LogP contribution in [0.3, 0.4) is 0 Å². The second-order valence-corrected chi connectivity index (χ2v) is 40.2. The zero-order valence-electron chi connectivity index (χ0n) is 72.4. The third-order valence-electron chi connectivity index (χ3n) is 20.7. The molecule has 3 unspecified atom stereocenters. The van der Waals surface area contributed by atoms with E-state index in [2.05, 4.69) is 23.1 Å². The number of hydrogen-bond acceptors (Lipinski definition) is 16. The molecule has 0 heterocycles. The number of ether oxygens (including phenoxy) is 2. The van der Waals surface area contributed by atoms with Gasteiger partial charge in [-0.15, -0.1) is 35.8 Å². The van der Waals surface area contributed by atoms with Gasteiger partial charge in [0.05, 0.1) is 46.9 Å². The van der Waals surface area contributed by atoms with Gasteiger partial charge in [0.25, 0.3) is 30.4 Å². The molecule has 0 radical (unpaired) electrons. The van der Waals surface area contributed by atoms with Gasteiger partial charge in [-0.2, -0.15) is 43.9 Å². The molecule has 12 rings (SSSR count). The number of methoxy groups -OCH3 is 2. The molecule has 0 spiro atoms. The fraction of sp³-hybridized carbons (Fsp3) is 0.382. The molecule has 8 aliphatic carbocycles. The first-order valence-electron chi connectivity index (χ1n) is 39.1. The molecule has 8 aliphatic rings. The maximum atomic E-state index is 13.0. The summed E-state index contributed by atoms with van der Waals surface area (Å²) in [7, 11) is 2.60. The maximum Gasteiger partial charge on any atom is 0.336 e. The monoisotopic (exact) mass is 2210 g/mol. The normalized spacial score (nSPS) is 23.2. The molecule has 0 amide bonds. The Bertz CT molecular complexity index is 4930. The minimum atomic E-state index is -1.91. The average molecular weight is 2210 g/mol. The van der Waals surface area contributed by atoms with E-state index < -0.39 is 153 Å². The molecular formula is C89H104Cl3F16N5O18SSe3. The van der Waals surface area contributed by atoms with Crippen molar-refractivity contribution in [2.75, 3.05) is 14.2 Å². The van der Waals surface area contributed by atoms with Crippen LogP contribution in [0.25, 0.3) is 0 Å². The standard InChI is InChI=1S/C15H16F2O2Se.C14H14F2O2Se.C13H13F2NO2Se.C9H12F2O2.2C7H5ClF2O2.C7H9F2NO2.C7H7F2NO2.C7H6O2S.C2H6.CH4.ClH.2H3N/c1-10-8-15(14(18)19-2,9-12(10)13(16)17)20-11-6-4-3-5-7-11;1-9-7-14(13(17)18,8-11(9)12(15)16)19-10-5-3-2-4-6-10;14-11(15)9-6-13(12(17)18,7-10(9)16)19-8-4-2-1-3-5-8;1-5-3-6(9(12)13-2)4-7(5)8(10)11;2*8-5-2-3(7(11)12)1-4(5)6(9)10;2*8-6(9)4-1-3(7(11)12)2-5(4)10;8-7(9)5-3-1-2-4-6(5)10;1-2;;;;/h3-7,10H,8-9H2,1-2H3;2-6,9H,7-8H2,1H3,(H,17,18);1-5,10H,6-7,16H2,(H,17,18);5-6H,3-4H2,1-2H3;2,5H,1H2,(H,11,12);1,5H,2H2,(H,11,12);3,5H,1-2,10H2,(H,11,12);2,5H,1,10H2,(H,11,12);1-4,10H,(H,8,9);1-2H3;1H4;1H;2*1H3/t10-,15?;9-,14?;10-,13?;5-,6+;2*5-;3-,5-;5-;;;;;;/m00000000....../s1. The first-order chi connectivity index (χ1) is 61.2. The van der Waals surface area contributed by atoms with Gasteiger partial charge in [0.15, 0.2) is 0 Å². The van der Waals surface area contributed by atoms with E-state index in [1.165, 1.54) is 20.3 Å². The van der Waals surface area contributed by atoms with E-state index in [1.54, 1.807) is 39.0 Å². The van der Waals surface area contributed by atoms with Crippen LogP contribution in [0.5, 0.6) is 0 Å². The van der Waals surface area contributed by atoms with E-state index in [0.29, 0.717) is 24.2 Å². The van der Waals surface area contributed by atoms with E-state index in [0.717, 1.165) is 31.6 Å². The SMILES string of the molecule is C.CC.COC(=O)C1([Se]c2ccccc2)CC(=C(F)F)[C@@H](C)C1.COC(=O)[C@H]1CC(=C(F)F)[C@@H](C)C1.C[C@H]1CC([Se]c2ccccc2)(C(=O)O)CC1=C(F)F.N.N.N[C@H]1C=C(C(=O)O)CC1=C(F)F.N[C@H]1CC([Se]c2ccccc2)(C(=O)O)CC1=C(F)F.O=C(O)C1=CC(=C(F)F)[C@@H](Cl)C1.O=C(O)C1=C[C@H](Cl)C(=C(F)F)C1.O=C(O)c1ccccc1S.[Cl-].[NH3+][C@H]1C[C@@H](C(=O)O)CC1=C(F)F. The molecule has 5 saturated carbocycles. The molecule has 46 heteroatoms. The number of carboxylic acids is 7. The Hall–Kier alpha value is -9.29. The van der Waals surface area contributed by atoms with Crippen molar-refractivity contribution < 1.29 is 177 Å². The first kappa shape index (κ1) is 128. The minimum absolute atomic E-state index is 0. The number of halogens is 19. The number of nitrogens with two attached hydrogens (primary N) is 2. The molecule has 4 aromatic carbocycles. The number of esters is 2. The van der Waals surface area contributed by atoms with Crippen LogP contribution in [0.2, 0.25) is 12.9 Å². The van der Waals surface area contributed by atoms with Gasteiger partial charge in [0, 0.05) is 64.0 Å². The number of aliphatic carboxylic acids is 6. The van der Waals surface area contributed by atoms with Crippen LogP contribution in [0, 0.1) is 29.6 Å². The number of aromatic carboxylic acids is 1. The predicted octanol–water partition coefficient (Wildman–Crippen LogP) is 15.8. The first-order valence-corrected chi connectivity index (χ1v) is 45.6. The zero-order valence-corrected chi connectivity index (χ0v) is 80.7. The fourth-order valence-electron chi connectivity index (χ4n) is 14.0. The Morgan fingerprint density at radius 3 is 1.10 bits per heavy atom. The number of allylic oxidation sites excluding steroid dienone is 7. The number of carboxylic acid groups (broad SMARTS) is 7. The maximum absolute atomic E-state index is 13.0. The van der Waals surface area contributed by atoms with Crippen molar-refractivity contribution in [3.05, 3.63) is 249 Å². The van der Waals surface area contributed by atoms with Crippen molar-refractivity contribution in [3.63, 3.8) is 0 Å². The van der Waals surface area contributed by atoms with Crippen molar-refractivity contribution in [1.82, 2.24) is 12.3 Å². The van der Waals surface area contributed by atoms with E-state index in [1.807, 2.05) is 105 Å². The Morgan fingerprint density at radius 2 is 0.815 bits per heavy atom. The number of rotatable bonds is 15. The summed E-state index contributed by atoms with van der Waals surface area (Å²) in [6.45, 7) is 9.14. The number of hydrogen-bond donors (Lipinski definition) is 13. The molecule has 13 atom stereocenters. The number of benzene rings is 4. The van der Waals surface area contributed by atoms with Crippen LogP contribution < -0.4 is 55.3 Å². The summed E-state index contributed by atoms with van der Waals surface area (Å²) in [5.41, 5.74) is 13.3. The quantitative estimate of drug-likeness (QED) is 0.0173. The zero-order chi connectivity index (χ0) is 99.6. The number of quaternary nitrogens is 1. The molecule has 20 N–H and O–H groups in total. The van der Waals surface area contributed by atoms with Gasteiger partial charge in [0.1, 0.15) is 6.04 Å². The summed E-state index contributed by atoms with van der Waals surface area (Å²) < 4.78 is 207. The largest absolute Gasteiger partial charge is 1.00 e. The number of carbonyl (C=O) groups excluding carboxylic acids is 2. The molecule has 5 fully saturated rings.